The van der Waals surface area contributed by atoms with Gasteiger partial charge in [0.1, 0.15) is 17.3 Å². The van der Waals surface area contributed by atoms with Crippen molar-refractivity contribution in [2.24, 2.45) is 5.92 Å². The van der Waals surface area contributed by atoms with Crippen molar-refractivity contribution in [1.82, 2.24) is 19.9 Å². The van der Waals surface area contributed by atoms with Gasteiger partial charge in [0.15, 0.2) is 5.13 Å². The number of hydrogen-bond donors (Lipinski definition) is 2. The molecule has 0 atom stereocenters. The van der Waals surface area contributed by atoms with E-state index in [1.54, 1.807) is 14.2 Å². The van der Waals surface area contributed by atoms with Gasteiger partial charge in [-0.15, -0.1) is 0 Å². The minimum atomic E-state index is -4.75. The van der Waals surface area contributed by atoms with Crippen LogP contribution in [0.1, 0.15) is 33.8 Å². The van der Waals surface area contributed by atoms with E-state index in [4.69, 9.17) is 9.84 Å². The molecule has 220 valence electrons. The molecule has 0 aliphatic carbocycles. The van der Waals surface area contributed by atoms with Gasteiger partial charge in [-0.2, -0.15) is 13.2 Å². The number of benzene rings is 1. The van der Waals surface area contributed by atoms with Crippen LogP contribution >= 0.6 is 11.3 Å². The normalized spacial score (nSPS) is 14.5. The highest BCUT2D eigenvalue weighted by Crippen LogP contribution is 2.37. The predicted molar refractivity (Wildman–Crippen MR) is 143 cm³/mol. The predicted octanol–water partition coefficient (Wildman–Crippen LogP) is 4.39. The molecule has 0 radical (unpaired) electrons. The summed E-state index contributed by atoms with van der Waals surface area (Å²) >= 11 is 1.05. The van der Waals surface area contributed by atoms with Crippen molar-refractivity contribution in [1.29, 1.82) is 0 Å². The number of aromatic nitrogens is 3. The van der Waals surface area contributed by atoms with Crippen LogP contribution in [-0.2, 0) is 22.3 Å². The monoisotopic (exact) mass is 596 g/mol. The van der Waals surface area contributed by atoms with E-state index in [1.165, 1.54) is 12.4 Å². The van der Waals surface area contributed by atoms with E-state index in [0.29, 0.717) is 55.8 Å². The van der Waals surface area contributed by atoms with E-state index in [2.05, 4.69) is 20.3 Å². The van der Waals surface area contributed by atoms with Crippen LogP contribution in [0.25, 0.3) is 11.3 Å². The fourth-order valence-electron chi connectivity index (χ4n) is 4.32. The fraction of sp³-hybridized carbons (Fsp3) is 0.423. The van der Waals surface area contributed by atoms with Crippen molar-refractivity contribution >= 4 is 34.2 Å². The molecular formula is C26H28F4N6O4S. The van der Waals surface area contributed by atoms with Gasteiger partial charge in [-0.05, 0) is 38.1 Å². The summed E-state index contributed by atoms with van der Waals surface area (Å²) in [5, 5.41) is 11.9. The van der Waals surface area contributed by atoms with Crippen LogP contribution in [0.4, 0.5) is 28.5 Å². The number of alkyl halides is 3. The number of nitrogens with one attached hydrogen (secondary N) is 1. The lowest BCUT2D eigenvalue weighted by molar-refractivity contribution is -0.142. The first-order valence-electron chi connectivity index (χ1n) is 12.6. The van der Waals surface area contributed by atoms with Crippen LogP contribution in [0, 0.1) is 11.7 Å². The van der Waals surface area contributed by atoms with Gasteiger partial charge in [0.2, 0.25) is 0 Å². The van der Waals surface area contributed by atoms with Crippen molar-refractivity contribution in [3.05, 3.63) is 52.5 Å². The highest BCUT2D eigenvalue weighted by atomic mass is 32.1. The van der Waals surface area contributed by atoms with E-state index < -0.39 is 35.4 Å². The Kier molecular flexibility index (Phi) is 9.50. The Labute approximate surface area is 237 Å². The second-order valence-corrected chi connectivity index (χ2v) is 10.6. The molecular weight excluding hydrogens is 568 g/mol. The molecule has 2 aromatic heterocycles. The number of aliphatic carboxylic acids is 1. The molecule has 0 spiro atoms. The van der Waals surface area contributed by atoms with Gasteiger partial charge >= 0.3 is 12.1 Å². The number of anilines is 2. The van der Waals surface area contributed by atoms with Crippen molar-refractivity contribution in [2.45, 2.75) is 25.6 Å². The van der Waals surface area contributed by atoms with Gasteiger partial charge in [-0.25, -0.2) is 19.3 Å². The van der Waals surface area contributed by atoms with Crippen LogP contribution < -0.4 is 10.2 Å². The van der Waals surface area contributed by atoms with Gasteiger partial charge < -0.3 is 14.7 Å². The van der Waals surface area contributed by atoms with E-state index in [9.17, 15) is 27.2 Å². The Morgan fingerprint density at radius 3 is 2.54 bits per heavy atom. The van der Waals surface area contributed by atoms with Gasteiger partial charge in [0.25, 0.3) is 5.91 Å². The Morgan fingerprint density at radius 2 is 1.93 bits per heavy atom. The number of carbonyl (C=O) groups excluding carboxylic acids is 1. The fourth-order valence-corrected chi connectivity index (χ4v) is 5.38. The maximum Gasteiger partial charge on any atom is 0.416 e. The standard InChI is InChI=1S/C26H28F4N6O4S/c1-35(7-8-40-2)14-20-22(16-9-17(26(28,29)30)11-18(27)10-16)33-25(41-20)34-23(37)19-12-32-21(13-31-19)36-5-3-15(4-6-36)24(38)39/h9-13,15H,3-8,14H2,1-2H3,(H,38,39)(H,33,34,37). The average Bonchev–Trinajstić information content (AvgIpc) is 3.32. The van der Waals surface area contributed by atoms with Crippen LogP contribution in [0.3, 0.4) is 0 Å². The summed E-state index contributed by atoms with van der Waals surface area (Å²) in [5.41, 5.74) is -1.12. The first-order valence-corrected chi connectivity index (χ1v) is 13.4. The maximum atomic E-state index is 14.2. The molecule has 41 heavy (non-hydrogen) atoms. The van der Waals surface area contributed by atoms with Crippen molar-refractivity contribution in [3.8, 4) is 11.3 Å². The second-order valence-electron chi connectivity index (χ2n) is 9.56. The number of ether oxygens (including phenoxy) is 1. The number of nitrogens with zero attached hydrogens (tertiary/aromatic N) is 5. The topological polar surface area (TPSA) is 121 Å². The summed E-state index contributed by atoms with van der Waals surface area (Å²) in [7, 11) is 3.33. The van der Waals surface area contributed by atoms with Crippen molar-refractivity contribution < 1.29 is 37.0 Å². The first kappa shape index (κ1) is 30.3. The molecule has 1 aliphatic heterocycles. The molecule has 1 amide bonds. The highest BCUT2D eigenvalue weighted by Gasteiger charge is 2.32. The summed E-state index contributed by atoms with van der Waals surface area (Å²) in [6.45, 7) is 2.19. The number of hydrogen-bond acceptors (Lipinski definition) is 9. The van der Waals surface area contributed by atoms with Crippen molar-refractivity contribution in [2.75, 3.05) is 50.6 Å². The molecule has 0 unspecified atom stereocenters. The zero-order chi connectivity index (χ0) is 29.7. The quantitative estimate of drug-likeness (QED) is 0.328. The Morgan fingerprint density at radius 1 is 1.20 bits per heavy atom. The number of carbonyl (C=O) groups is 2. The highest BCUT2D eigenvalue weighted by molar-refractivity contribution is 7.16. The Balaban J connectivity index is 1.54. The van der Waals surface area contributed by atoms with E-state index in [0.717, 1.165) is 23.5 Å². The van der Waals surface area contributed by atoms with Crippen LogP contribution in [0.2, 0.25) is 0 Å². The summed E-state index contributed by atoms with van der Waals surface area (Å²) in [6.07, 6.45) is -1.10. The Bertz CT molecular complexity index is 1380. The van der Waals surface area contributed by atoms with E-state index in [1.807, 2.05) is 9.80 Å². The van der Waals surface area contributed by atoms with Gasteiger partial charge in [-0.1, -0.05) is 11.3 Å². The Hall–Kier alpha value is -3.69. The second kappa shape index (κ2) is 12.9. The molecule has 1 aliphatic rings. The number of piperidine rings is 1. The molecule has 1 fully saturated rings. The SMILES string of the molecule is COCCN(C)Cc1sc(NC(=O)c2cnc(N3CCC(C(=O)O)CC3)cn2)nc1-c1cc(F)cc(C(F)(F)F)c1. The number of amides is 1. The smallest absolute Gasteiger partial charge is 0.416 e. The molecule has 0 saturated carbocycles. The number of carboxylic acid groups (broad SMARTS) is 1. The number of carboxylic acids is 1. The third-order valence-electron chi connectivity index (χ3n) is 6.55. The third-order valence-corrected chi connectivity index (χ3v) is 7.50. The van der Waals surface area contributed by atoms with Gasteiger partial charge in [-0.3, -0.25) is 19.8 Å². The number of likely N-dealkylation sites (N-methyl/N-ethyl adjacent to an activating group) is 1. The lowest BCUT2D eigenvalue weighted by Crippen LogP contribution is -2.36. The minimum absolute atomic E-state index is 0.0187. The molecule has 3 aromatic rings. The molecule has 3 heterocycles. The summed E-state index contributed by atoms with van der Waals surface area (Å²) < 4.78 is 59.4. The van der Waals surface area contributed by atoms with Crippen LogP contribution in [-0.4, -0.2) is 77.2 Å². The summed E-state index contributed by atoms with van der Waals surface area (Å²) in [6, 6.07) is 2.21. The number of halogens is 4. The maximum absolute atomic E-state index is 14.2. The first-order chi connectivity index (χ1) is 19.4. The molecule has 1 saturated heterocycles. The number of rotatable bonds is 10. The summed E-state index contributed by atoms with van der Waals surface area (Å²) in [4.78, 5) is 41.2. The molecule has 0 bridgehead atoms. The minimum Gasteiger partial charge on any atom is -0.481 e. The van der Waals surface area contributed by atoms with Gasteiger partial charge in [0.05, 0.1) is 36.2 Å². The summed E-state index contributed by atoms with van der Waals surface area (Å²) in [5.74, 6) is -2.41. The van der Waals surface area contributed by atoms with Crippen molar-refractivity contribution in [3.63, 3.8) is 0 Å². The molecule has 1 aromatic carbocycles. The lowest BCUT2D eigenvalue weighted by Gasteiger charge is -2.30. The molecule has 15 heteroatoms. The lowest BCUT2D eigenvalue weighted by atomic mass is 9.97. The zero-order valence-corrected chi connectivity index (χ0v) is 23.1. The average molecular weight is 597 g/mol. The number of thiazole rings is 1. The number of methoxy groups -OCH3 is 1. The molecule has 2 N–H and O–H groups in total. The van der Waals surface area contributed by atoms with Gasteiger partial charge in [0, 0.05) is 43.7 Å². The van der Waals surface area contributed by atoms with E-state index in [-0.39, 0.29) is 28.6 Å². The third kappa shape index (κ3) is 7.74. The molecule has 4 rings (SSSR count). The zero-order valence-electron chi connectivity index (χ0n) is 22.2. The van der Waals surface area contributed by atoms with E-state index >= 15 is 0 Å². The van der Waals surface area contributed by atoms with Crippen LogP contribution in [0.15, 0.2) is 30.6 Å². The van der Waals surface area contributed by atoms with Crippen LogP contribution in [0.5, 0.6) is 0 Å². The largest absolute Gasteiger partial charge is 0.481 e. The molecule has 10 nitrogen and oxygen atoms in total.